The summed E-state index contributed by atoms with van der Waals surface area (Å²) >= 11 is 0. The summed E-state index contributed by atoms with van der Waals surface area (Å²) in [4.78, 5) is 2.60. The van der Waals surface area contributed by atoms with Gasteiger partial charge in [0.15, 0.2) is 0 Å². The number of methoxy groups -OCH3 is 1. The van der Waals surface area contributed by atoms with Gasteiger partial charge in [-0.2, -0.15) is 0 Å². The highest BCUT2D eigenvalue weighted by Gasteiger charge is 2.36. The SMILES string of the molecule is CO[C@H]1CCCN(C2CCOCC2)[C@H]1Cc1cccc(F)c1. The second kappa shape index (κ2) is 7.53. The smallest absolute Gasteiger partial charge is 0.123 e. The summed E-state index contributed by atoms with van der Waals surface area (Å²) in [6.45, 7) is 2.82. The van der Waals surface area contributed by atoms with Crippen molar-refractivity contribution < 1.29 is 13.9 Å². The minimum atomic E-state index is -0.153. The van der Waals surface area contributed by atoms with Gasteiger partial charge in [-0.05, 0) is 56.3 Å². The van der Waals surface area contributed by atoms with E-state index in [2.05, 4.69) is 4.90 Å². The normalized spacial score (nSPS) is 27.9. The first-order valence-electron chi connectivity index (χ1n) is 8.38. The molecule has 1 aromatic rings. The van der Waals surface area contributed by atoms with Crippen LogP contribution in [0.1, 0.15) is 31.2 Å². The fraction of sp³-hybridized carbons (Fsp3) is 0.667. The lowest BCUT2D eigenvalue weighted by Crippen LogP contribution is -2.55. The second-order valence-electron chi connectivity index (χ2n) is 6.40. The minimum Gasteiger partial charge on any atom is -0.381 e. The number of piperidine rings is 1. The number of hydrogen-bond acceptors (Lipinski definition) is 3. The topological polar surface area (TPSA) is 21.7 Å². The molecule has 2 atom stereocenters. The van der Waals surface area contributed by atoms with Gasteiger partial charge in [0.1, 0.15) is 5.82 Å². The summed E-state index contributed by atoms with van der Waals surface area (Å²) in [7, 11) is 1.80. The number of hydrogen-bond donors (Lipinski definition) is 0. The van der Waals surface area contributed by atoms with Crippen LogP contribution in [0.2, 0.25) is 0 Å². The van der Waals surface area contributed by atoms with Crippen molar-refractivity contribution in [1.82, 2.24) is 4.90 Å². The van der Waals surface area contributed by atoms with E-state index in [4.69, 9.17) is 9.47 Å². The van der Waals surface area contributed by atoms with Crippen molar-refractivity contribution in [2.75, 3.05) is 26.9 Å². The predicted molar refractivity (Wildman–Crippen MR) is 84.5 cm³/mol. The fourth-order valence-electron chi connectivity index (χ4n) is 3.95. The van der Waals surface area contributed by atoms with Gasteiger partial charge >= 0.3 is 0 Å². The Morgan fingerprint density at radius 1 is 1.27 bits per heavy atom. The fourth-order valence-corrected chi connectivity index (χ4v) is 3.95. The first-order valence-corrected chi connectivity index (χ1v) is 8.38. The van der Waals surface area contributed by atoms with E-state index in [1.54, 1.807) is 19.2 Å². The van der Waals surface area contributed by atoms with Gasteiger partial charge in [0.25, 0.3) is 0 Å². The van der Waals surface area contributed by atoms with E-state index in [1.165, 1.54) is 12.5 Å². The van der Waals surface area contributed by atoms with E-state index in [-0.39, 0.29) is 11.9 Å². The summed E-state index contributed by atoms with van der Waals surface area (Å²) in [5.41, 5.74) is 1.06. The van der Waals surface area contributed by atoms with Crippen molar-refractivity contribution in [2.24, 2.45) is 0 Å². The standard InChI is InChI=1S/C18H26FNO2/c1-21-18-6-3-9-20(16-7-10-22-11-8-16)17(18)13-14-4-2-5-15(19)12-14/h2,4-5,12,16-18H,3,6-11,13H2,1H3/t17-,18-/m0/s1. The Bertz CT molecular complexity index is 476. The molecule has 0 amide bonds. The van der Waals surface area contributed by atoms with Gasteiger partial charge in [0.2, 0.25) is 0 Å². The van der Waals surface area contributed by atoms with Crippen LogP contribution in [0.5, 0.6) is 0 Å². The van der Waals surface area contributed by atoms with E-state index in [9.17, 15) is 4.39 Å². The molecule has 3 nitrogen and oxygen atoms in total. The molecular weight excluding hydrogens is 281 g/mol. The highest BCUT2D eigenvalue weighted by atomic mass is 19.1. The van der Waals surface area contributed by atoms with Crippen LogP contribution in [-0.2, 0) is 15.9 Å². The molecule has 0 aromatic heterocycles. The molecule has 22 heavy (non-hydrogen) atoms. The third kappa shape index (κ3) is 3.67. The Labute approximate surface area is 132 Å². The highest BCUT2D eigenvalue weighted by Crippen LogP contribution is 2.28. The van der Waals surface area contributed by atoms with Crippen molar-refractivity contribution in [3.63, 3.8) is 0 Å². The zero-order valence-electron chi connectivity index (χ0n) is 13.3. The Morgan fingerprint density at radius 2 is 2.09 bits per heavy atom. The highest BCUT2D eigenvalue weighted by molar-refractivity contribution is 5.18. The Kier molecular flexibility index (Phi) is 5.45. The molecule has 2 heterocycles. The molecule has 0 bridgehead atoms. The Balaban J connectivity index is 1.77. The van der Waals surface area contributed by atoms with Gasteiger partial charge in [0, 0.05) is 32.4 Å². The molecule has 0 aliphatic carbocycles. The molecule has 2 saturated heterocycles. The van der Waals surface area contributed by atoms with Crippen LogP contribution in [0, 0.1) is 5.82 Å². The van der Waals surface area contributed by atoms with E-state index < -0.39 is 0 Å². The van der Waals surface area contributed by atoms with E-state index in [1.807, 2.05) is 6.07 Å². The van der Waals surface area contributed by atoms with Crippen LogP contribution in [0.25, 0.3) is 0 Å². The zero-order valence-corrected chi connectivity index (χ0v) is 13.3. The molecule has 0 spiro atoms. The van der Waals surface area contributed by atoms with E-state index in [0.717, 1.165) is 51.0 Å². The molecule has 2 aliphatic rings. The molecule has 2 aliphatic heterocycles. The molecule has 0 N–H and O–H groups in total. The minimum absolute atomic E-state index is 0.153. The molecular formula is C18H26FNO2. The molecule has 0 saturated carbocycles. The molecule has 4 heteroatoms. The average molecular weight is 307 g/mol. The number of likely N-dealkylation sites (tertiary alicyclic amines) is 1. The molecule has 1 aromatic carbocycles. The summed E-state index contributed by atoms with van der Waals surface area (Å²) in [5, 5.41) is 0. The van der Waals surface area contributed by atoms with Crippen molar-refractivity contribution >= 4 is 0 Å². The molecule has 0 radical (unpaired) electrons. The van der Waals surface area contributed by atoms with Crippen molar-refractivity contribution in [3.8, 4) is 0 Å². The third-order valence-corrected chi connectivity index (χ3v) is 5.06. The molecule has 2 fully saturated rings. The van der Waals surface area contributed by atoms with Crippen molar-refractivity contribution in [2.45, 2.75) is 50.3 Å². The number of halogens is 1. The summed E-state index contributed by atoms with van der Waals surface area (Å²) in [6.07, 6.45) is 5.55. The molecule has 3 rings (SSSR count). The monoisotopic (exact) mass is 307 g/mol. The molecule has 0 unspecified atom stereocenters. The first kappa shape index (κ1) is 15.9. The first-order chi connectivity index (χ1) is 10.8. The second-order valence-corrected chi connectivity index (χ2v) is 6.40. The van der Waals surface area contributed by atoms with E-state index >= 15 is 0 Å². The predicted octanol–water partition coefficient (Wildman–Crippen LogP) is 3.03. The van der Waals surface area contributed by atoms with Crippen LogP contribution < -0.4 is 0 Å². The Morgan fingerprint density at radius 3 is 2.82 bits per heavy atom. The van der Waals surface area contributed by atoms with Crippen LogP contribution in [0.4, 0.5) is 4.39 Å². The van der Waals surface area contributed by atoms with Crippen LogP contribution in [0.3, 0.4) is 0 Å². The lowest BCUT2D eigenvalue weighted by atomic mass is 9.90. The largest absolute Gasteiger partial charge is 0.381 e. The average Bonchev–Trinajstić information content (AvgIpc) is 2.56. The maximum Gasteiger partial charge on any atom is 0.123 e. The van der Waals surface area contributed by atoms with Crippen LogP contribution in [-0.4, -0.2) is 50.0 Å². The zero-order chi connectivity index (χ0) is 15.4. The van der Waals surface area contributed by atoms with E-state index in [0.29, 0.717) is 12.1 Å². The third-order valence-electron chi connectivity index (χ3n) is 5.06. The van der Waals surface area contributed by atoms with Crippen molar-refractivity contribution in [1.29, 1.82) is 0 Å². The number of nitrogens with zero attached hydrogens (tertiary/aromatic N) is 1. The number of rotatable bonds is 4. The summed E-state index contributed by atoms with van der Waals surface area (Å²) in [6, 6.07) is 7.90. The molecule has 122 valence electrons. The number of benzene rings is 1. The van der Waals surface area contributed by atoms with Gasteiger partial charge in [-0.1, -0.05) is 12.1 Å². The summed E-state index contributed by atoms with van der Waals surface area (Å²) < 4.78 is 24.8. The van der Waals surface area contributed by atoms with Gasteiger partial charge in [-0.15, -0.1) is 0 Å². The Hall–Kier alpha value is -0.970. The summed E-state index contributed by atoms with van der Waals surface area (Å²) in [5.74, 6) is -0.153. The maximum absolute atomic E-state index is 13.5. The van der Waals surface area contributed by atoms with Gasteiger partial charge in [-0.3, -0.25) is 4.90 Å². The van der Waals surface area contributed by atoms with Gasteiger partial charge in [0.05, 0.1) is 6.10 Å². The van der Waals surface area contributed by atoms with Crippen LogP contribution >= 0.6 is 0 Å². The lowest BCUT2D eigenvalue weighted by molar-refractivity contribution is -0.0588. The lowest BCUT2D eigenvalue weighted by Gasteiger charge is -2.46. The maximum atomic E-state index is 13.5. The van der Waals surface area contributed by atoms with Gasteiger partial charge < -0.3 is 9.47 Å². The van der Waals surface area contributed by atoms with Crippen molar-refractivity contribution in [3.05, 3.63) is 35.6 Å². The van der Waals surface area contributed by atoms with Crippen LogP contribution in [0.15, 0.2) is 24.3 Å². The number of ether oxygens (including phenoxy) is 2. The van der Waals surface area contributed by atoms with Gasteiger partial charge in [-0.25, -0.2) is 4.39 Å². The quantitative estimate of drug-likeness (QED) is 0.853.